The molecular formula is C15H13ClN2O. The molecule has 0 saturated carbocycles. The first-order valence-electron chi connectivity index (χ1n) is 6.12. The summed E-state index contributed by atoms with van der Waals surface area (Å²) >= 11 is 6.04. The number of aromatic nitrogens is 2. The van der Waals surface area contributed by atoms with Crippen LogP contribution in [0.2, 0.25) is 5.02 Å². The molecule has 1 aromatic heterocycles. The monoisotopic (exact) mass is 272 g/mol. The van der Waals surface area contributed by atoms with Gasteiger partial charge in [0.25, 0.3) is 0 Å². The van der Waals surface area contributed by atoms with Gasteiger partial charge in [0.15, 0.2) is 0 Å². The van der Waals surface area contributed by atoms with Gasteiger partial charge in [0.1, 0.15) is 5.69 Å². The fourth-order valence-electron chi connectivity index (χ4n) is 2.22. The van der Waals surface area contributed by atoms with Crippen molar-refractivity contribution in [3.8, 4) is 11.3 Å². The van der Waals surface area contributed by atoms with Crippen LogP contribution in [0.25, 0.3) is 22.2 Å². The predicted octanol–water partition coefficient (Wildman–Crippen LogP) is 3.35. The average Bonchev–Trinajstić information content (AvgIpc) is 2.79. The third-order valence-electron chi connectivity index (χ3n) is 3.07. The number of aliphatic hydroxyl groups is 1. The van der Waals surface area contributed by atoms with Gasteiger partial charge in [0.2, 0.25) is 0 Å². The highest BCUT2D eigenvalue weighted by atomic mass is 35.5. The summed E-state index contributed by atoms with van der Waals surface area (Å²) in [5.74, 6) is 0. The Kier molecular flexibility index (Phi) is 3.23. The van der Waals surface area contributed by atoms with E-state index in [1.165, 1.54) is 0 Å². The summed E-state index contributed by atoms with van der Waals surface area (Å²) in [7, 11) is 0. The van der Waals surface area contributed by atoms with Gasteiger partial charge in [-0.3, -0.25) is 4.68 Å². The van der Waals surface area contributed by atoms with Crippen molar-refractivity contribution in [2.24, 2.45) is 0 Å². The molecule has 0 spiro atoms. The summed E-state index contributed by atoms with van der Waals surface area (Å²) in [5.41, 5.74) is 2.92. The van der Waals surface area contributed by atoms with Crippen molar-refractivity contribution >= 4 is 22.5 Å². The number of benzene rings is 2. The molecule has 3 aromatic rings. The van der Waals surface area contributed by atoms with Crippen molar-refractivity contribution in [1.82, 2.24) is 9.78 Å². The molecule has 0 unspecified atom stereocenters. The van der Waals surface area contributed by atoms with Crippen LogP contribution in [0.1, 0.15) is 0 Å². The molecule has 1 N–H and O–H groups in total. The Morgan fingerprint density at radius 2 is 1.89 bits per heavy atom. The quantitative estimate of drug-likeness (QED) is 0.794. The van der Waals surface area contributed by atoms with Gasteiger partial charge in [-0.2, -0.15) is 5.10 Å². The molecule has 3 rings (SSSR count). The number of rotatable bonds is 3. The number of aliphatic hydroxyl groups excluding tert-OH is 1. The molecule has 96 valence electrons. The third-order valence-corrected chi connectivity index (χ3v) is 3.31. The van der Waals surface area contributed by atoms with Gasteiger partial charge in [0.05, 0.1) is 18.7 Å². The van der Waals surface area contributed by atoms with Crippen LogP contribution in [0.3, 0.4) is 0 Å². The fraction of sp³-hybridized carbons (Fsp3) is 0.133. The highest BCUT2D eigenvalue weighted by Crippen LogP contribution is 2.29. The highest BCUT2D eigenvalue weighted by Gasteiger charge is 2.12. The Balaban J connectivity index is 2.25. The number of halogens is 1. The van der Waals surface area contributed by atoms with Crippen molar-refractivity contribution in [3.05, 3.63) is 53.6 Å². The third kappa shape index (κ3) is 2.23. The summed E-state index contributed by atoms with van der Waals surface area (Å²) in [4.78, 5) is 0. The van der Waals surface area contributed by atoms with Crippen LogP contribution in [-0.4, -0.2) is 21.5 Å². The molecule has 0 aliphatic carbocycles. The standard InChI is InChI=1S/C15H13ClN2O/c16-12-6-7-13-14(10-12)18(8-9-19)17-15(13)11-4-2-1-3-5-11/h1-7,10,19H,8-9H2. The Bertz CT molecular complexity index is 707. The van der Waals surface area contributed by atoms with E-state index in [-0.39, 0.29) is 6.61 Å². The van der Waals surface area contributed by atoms with Gasteiger partial charge >= 0.3 is 0 Å². The van der Waals surface area contributed by atoms with Crippen LogP contribution in [0, 0.1) is 0 Å². The zero-order chi connectivity index (χ0) is 13.2. The largest absolute Gasteiger partial charge is 0.394 e. The molecule has 1 heterocycles. The van der Waals surface area contributed by atoms with Gasteiger partial charge in [-0.05, 0) is 18.2 Å². The van der Waals surface area contributed by atoms with E-state index in [1.807, 2.05) is 48.5 Å². The van der Waals surface area contributed by atoms with Crippen LogP contribution in [0.15, 0.2) is 48.5 Å². The van der Waals surface area contributed by atoms with E-state index in [2.05, 4.69) is 5.10 Å². The van der Waals surface area contributed by atoms with E-state index in [0.717, 1.165) is 22.2 Å². The lowest BCUT2D eigenvalue weighted by atomic mass is 10.1. The summed E-state index contributed by atoms with van der Waals surface area (Å²) in [6, 6.07) is 15.7. The van der Waals surface area contributed by atoms with Gasteiger partial charge in [0, 0.05) is 16.0 Å². The Morgan fingerprint density at radius 1 is 1.11 bits per heavy atom. The van der Waals surface area contributed by atoms with E-state index in [4.69, 9.17) is 16.7 Å². The van der Waals surface area contributed by atoms with Gasteiger partial charge in [-0.25, -0.2) is 0 Å². The zero-order valence-corrected chi connectivity index (χ0v) is 11.0. The minimum atomic E-state index is 0.0531. The Labute approximate surface area is 116 Å². The number of hydrogen-bond donors (Lipinski definition) is 1. The second-order valence-electron chi connectivity index (χ2n) is 4.32. The zero-order valence-electron chi connectivity index (χ0n) is 10.3. The molecule has 4 heteroatoms. The van der Waals surface area contributed by atoms with Crippen molar-refractivity contribution in [3.63, 3.8) is 0 Å². The minimum absolute atomic E-state index is 0.0531. The average molecular weight is 273 g/mol. The molecule has 0 bridgehead atoms. The smallest absolute Gasteiger partial charge is 0.100 e. The molecule has 0 atom stereocenters. The van der Waals surface area contributed by atoms with Crippen LogP contribution in [0.5, 0.6) is 0 Å². The van der Waals surface area contributed by atoms with E-state index in [0.29, 0.717) is 11.6 Å². The first-order chi connectivity index (χ1) is 9.29. The lowest BCUT2D eigenvalue weighted by Crippen LogP contribution is -2.03. The Hall–Kier alpha value is -1.84. The van der Waals surface area contributed by atoms with Crippen LogP contribution >= 0.6 is 11.6 Å². The molecular weight excluding hydrogens is 260 g/mol. The van der Waals surface area contributed by atoms with Gasteiger partial charge in [-0.1, -0.05) is 41.9 Å². The fourth-order valence-corrected chi connectivity index (χ4v) is 2.39. The van der Waals surface area contributed by atoms with Gasteiger partial charge in [-0.15, -0.1) is 0 Å². The second-order valence-corrected chi connectivity index (χ2v) is 4.76. The molecule has 0 radical (unpaired) electrons. The summed E-state index contributed by atoms with van der Waals surface area (Å²) in [6.45, 7) is 0.515. The lowest BCUT2D eigenvalue weighted by molar-refractivity contribution is 0.272. The van der Waals surface area contributed by atoms with Crippen molar-refractivity contribution in [1.29, 1.82) is 0 Å². The van der Waals surface area contributed by atoms with Crippen molar-refractivity contribution < 1.29 is 5.11 Å². The van der Waals surface area contributed by atoms with Crippen LogP contribution in [-0.2, 0) is 6.54 Å². The van der Waals surface area contributed by atoms with E-state index < -0.39 is 0 Å². The van der Waals surface area contributed by atoms with Crippen LogP contribution < -0.4 is 0 Å². The number of nitrogens with zero attached hydrogens (tertiary/aromatic N) is 2. The molecule has 3 nitrogen and oxygen atoms in total. The van der Waals surface area contributed by atoms with Gasteiger partial charge < -0.3 is 5.11 Å². The minimum Gasteiger partial charge on any atom is -0.394 e. The molecule has 0 aliphatic heterocycles. The van der Waals surface area contributed by atoms with Crippen molar-refractivity contribution in [2.75, 3.05) is 6.61 Å². The molecule has 0 saturated heterocycles. The lowest BCUT2D eigenvalue weighted by Gasteiger charge is -1.99. The molecule has 0 aliphatic rings. The molecule has 0 amide bonds. The topological polar surface area (TPSA) is 38.0 Å². The maximum atomic E-state index is 9.13. The SMILES string of the molecule is OCCn1nc(-c2ccccc2)c2ccc(Cl)cc21. The maximum absolute atomic E-state index is 9.13. The van der Waals surface area contributed by atoms with Crippen LogP contribution in [0.4, 0.5) is 0 Å². The normalized spacial score (nSPS) is 11.1. The first-order valence-corrected chi connectivity index (χ1v) is 6.50. The molecule has 2 aromatic carbocycles. The summed E-state index contributed by atoms with van der Waals surface area (Å²) in [6.07, 6.45) is 0. The van der Waals surface area contributed by atoms with Crippen molar-refractivity contribution in [2.45, 2.75) is 6.54 Å². The number of hydrogen-bond acceptors (Lipinski definition) is 2. The maximum Gasteiger partial charge on any atom is 0.100 e. The molecule has 0 fully saturated rings. The predicted molar refractivity (Wildman–Crippen MR) is 77.3 cm³/mol. The first kappa shape index (κ1) is 12.2. The second kappa shape index (κ2) is 5.03. The Morgan fingerprint density at radius 3 is 2.63 bits per heavy atom. The highest BCUT2D eigenvalue weighted by molar-refractivity contribution is 6.31. The summed E-state index contributed by atoms with van der Waals surface area (Å²) in [5, 5.41) is 15.4. The van der Waals surface area contributed by atoms with E-state index in [1.54, 1.807) is 4.68 Å². The van der Waals surface area contributed by atoms with E-state index in [9.17, 15) is 0 Å². The summed E-state index contributed by atoms with van der Waals surface area (Å²) < 4.78 is 1.80. The number of fused-ring (bicyclic) bond motifs is 1. The molecule has 19 heavy (non-hydrogen) atoms. The van der Waals surface area contributed by atoms with E-state index >= 15 is 0 Å².